The third-order valence-electron chi connectivity index (χ3n) is 4.33. The lowest BCUT2D eigenvalue weighted by atomic mass is 9.85. The van der Waals surface area contributed by atoms with Crippen molar-refractivity contribution in [2.24, 2.45) is 0 Å². The van der Waals surface area contributed by atoms with Crippen LogP contribution in [0, 0.1) is 0 Å². The molecule has 3 nitrogen and oxygen atoms in total. The Morgan fingerprint density at radius 2 is 2.00 bits per heavy atom. The Balaban J connectivity index is 2.02. The van der Waals surface area contributed by atoms with Crippen LogP contribution >= 0.6 is 11.6 Å². The van der Waals surface area contributed by atoms with E-state index in [1.807, 2.05) is 22.7 Å². The van der Waals surface area contributed by atoms with Crippen molar-refractivity contribution in [3.8, 4) is 0 Å². The Hall–Kier alpha value is -1.61. The normalized spacial score (nSPS) is 17.1. The van der Waals surface area contributed by atoms with Crippen molar-refractivity contribution >= 4 is 28.3 Å². The highest BCUT2D eigenvalue weighted by Crippen LogP contribution is 2.36. The van der Waals surface area contributed by atoms with Crippen LogP contribution in [0.15, 0.2) is 30.6 Å². The lowest BCUT2D eigenvalue weighted by Crippen LogP contribution is -2.09. The highest BCUT2D eigenvalue weighted by Gasteiger charge is 2.21. The van der Waals surface area contributed by atoms with E-state index < -0.39 is 0 Å². The Kier molecular flexibility index (Phi) is 2.88. The summed E-state index contributed by atoms with van der Waals surface area (Å²) in [6.45, 7) is 0. The highest BCUT2D eigenvalue weighted by molar-refractivity contribution is 6.31. The van der Waals surface area contributed by atoms with Crippen molar-refractivity contribution in [3.63, 3.8) is 0 Å². The predicted molar refractivity (Wildman–Crippen MR) is 81.3 cm³/mol. The van der Waals surface area contributed by atoms with Gasteiger partial charge in [-0.2, -0.15) is 0 Å². The summed E-state index contributed by atoms with van der Waals surface area (Å²) in [6.07, 6.45) is 10.2. The monoisotopic (exact) mass is 285 g/mol. The molecule has 3 aromatic rings. The SMILES string of the molecule is Clc1ccc2c(c1)c(C1CCCCC1)nc1nccn12. The summed E-state index contributed by atoms with van der Waals surface area (Å²) >= 11 is 6.20. The number of benzene rings is 1. The predicted octanol–water partition coefficient (Wildman–Crippen LogP) is 4.58. The first-order valence-corrected chi connectivity index (χ1v) is 7.63. The van der Waals surface area contributed by atoms with Gasteiger partial charge in [0.25, 0.3) is 0 Å². The van der Waals surface area contributed by atoms with Crippen LogP contribution in [0.2, 0.25) is 5.02 Å². The summed E-state index contributed by atoms with van der Waals surface area (Å²) in [5, 5.41) is 1.95. The average Bonchev–Trinajstić information content (AvgIpc) is 2.95. The van der Waals surface area contributed by atoms with Crippen molar-refractivity contribution in [1.29, 1.82) is 0 Å². The zero-order chi connectivity index (χ0) is 13.5. The van der Waals surface area contributed by atoms with Gasteiger partial charge in [0.1, 0.15) is 0 Å². The largest absolute Gasteiger partial charge is 0.284 e. The number of rotatable bonds is 1. The van der Waals surface area contributed by atoms with E-state index in [1.54, 1.807) is 6.20 Å². The van der Waals surface area contributed by atoms with Gasteiger partial charge in [-0.3, -0.25) is 4.40 Å². The molecule has 1 aliphatic carbocycles. The Morgan fingerprint density at radius 1 is 1.15 bits per heavy atom. The molecule has 102 valence electrons. The van der Waals surface area contributed by atoms with Crippen LogP contribution in [0.4, 0.5) is 0 Å². The van der Waals surface area contributed by atoms with E-state index in [4.69, 9.17) is 16.6 Å². The van der Waals surface area contributed by atoms with Crippen LogP contribution in [0.1, 0.15) is 43.7 Å². The van der Waals surface area contributed by atoms with E-state index in [1.165, 1.54) is 43.2 Å². The van der Waals surface area contributed by atoms with Gasteiger partial charge >= 0.3 is 0 Å². The topological polar surface area (TPSA) is 30.2 Å². The van der Waals surface area contributed by atoms with Gasteiger partial charge in [-0.25, -0.2) is 9.97 Å². The molecule has 2 aromatic heterocycles. The van der Waals surface area contributed by atoms with E-state index in [0.29, 0.717) is 5.92 Å². The van der Waals surface area contributed by atoms with Crippen molar-refractivity contribution in [2.75, 3.05) is 0 Å². The van der Waals surface area contributed by atoms with E-state index >= 15 is 0 Å². The quantitative estimate of drug-likeness (QED) is 0.655. The maximum absolute atomic E-state index is 6.20. The highest BCUT2D eigenvalue weighted by atomic mass is 35.5. The van der Waals surface area contributed by atoms with E-state index in [2.05, 4.69) is 11.1 Å². The molecule has 0 radical (unpaired) electrons. The maximum Gasteiger partial charge on any atom is 0.234 e. The lowest BCUT2D eigenvalue weighted by Gasteiger charge is -2.22. The van der Waals surface area contributed by atoms with Gasteiger partial charge in [-0.05, 0) is 31.0 Å². The second-order valence-corrected chi connectivity index (χ2v) is 6.03. The fraction of sp³-hybridized carbons (Fsp3) is 0.375. The zero-order valence-corrected chi connectivity index (χ0v) is 12.0. The zero-order valence-electron chi connectivity index (χ0n) is 11.2. The van der Waals surface area contributed by atoms with Crippen LogP contribution in [0.25, 0.3) is 16.7 Å². The Labute approximate surface area is 122 Å². The summed E-state index contributed by atoms with van der Waals surface area (Å²) in [5.41, 5.74) is 2.33. The molecule has 4 rings (SSSR count). The smallest absolute Gasteiger partial charge is 0.234 e. The van der Waals surface area contributed by atoms with Gasteiger partial charge in [0.15, 0.2) is 0 Å². The van der Waals surface area contributed by atoms with E-state index in [0.717, 1.165) is 16.3 Å². The summed E-state index contributed by atoms with van der Waals surface area (Å²) < 4.78 is 2.04. The van der Waals surface area contributed by atoms with Crippen molar-refractivity contribution in [1.82, 2.24) is 14.4 Å². The third kappa shape index (κ3) is 1.88. The van der Waals surface area contributed by atoms with Crippen molar-refractivity contribution < 1.29 is 0 Å². The van der Waals surface area contributed by atoms with Crippen LogP contribution in [-0.4, -0.2) is 14.4 Å². The molecule has 0 bridgehead atoms. The molecule has 4 heteroatoms. The molecule has 1 aromatic carbocycles. The van der Waals surface area contributed by atoms with Crippen LogP contribution in [0.5, 0.6) is 0 Å². The number of imidazole rings is 1. The number of hydrogen-bond acceptors (Lipinski definition) is 2. The second-order valence-electron chi connectivity index (χ2n) is 5.59. The molecule has 1 fully saturated rings. The molecule has 0 aliphatic heterocycles. The minimum Gasteiger partial charge on any atom is -0.284 e. The van der Waals surface area contributed by atoms with Crippen LogP contribution < -0.4 is 0 Å². The first kappa shape index (κ1) is 12.2. The molecular weight excluding hydrogens is 270 g/mol. The second kappa shape index (κ2) is 4.74. The molecule has 20 heavy (non-hydrogen) atoms. The molecule has 1 saturated carbocycles. The van der Waals surface area contributed by atoms with E-state index in [9.17, 15) is 0 Å². The first-order valence-electron chi connectivity index (χ1n) is 7.25. The Morgan fingerprint density at radius 3 is 2.85 bits per heavy atom. The van der Waals surface area contributed by atoms with Gasteiger partial charge in [-0.15, -0.1) is 0 Å². The van der Waals surface area contributed by atoms with Gasteiger partial charge < -0.3 is 0 Å². The molecule has 2 heterocycles. The molecule has 0 N–H and O–H groups in total. The van der Waals surface area contributed by atoms with Gasteiger partial charge in [0.2, 0.25) is 5.78 Å². The minimum atomic E-state index is 0.548. The van der Waals surface area contributed by atoms with Gasteiger partial charge in [-0.1, -0.05) is 30.9 Å². The first-order chi connectivity index (χ1) is 9.83. The molecule has 0 saturated heterocycles. The molecular formula is C16H16ClN3. The van der Waals surface area contributed by atoms with Gasteiger partial charge in [0.05, 0.1) is 11.2 Å². The molecule has 0 unspecified atom stereocenters. The molecule has 0 spiro atoms. The fourth-order valence-electron chi connectivity index (χ4n) is 3.34. The van der Waals surface area contributed by atoms with Crippen molar-refractivity contribution in [2.45, 2.75) is 38.0 Å². The Bertz CT molecular complexity index is 772. The summed E-state index contributed by atoms with van der Waals surface area (Å²) in [5.74, 6) is 1.34. The van der Waals surface area contributed by atoms with Crippen LogP contribution in [0.3, 0.4) is 0 Å². The number of nitrogens with zero attached hydrogens (tertiary/aromatic N) is 3. The summed E-state index contributed by atoms with van der Waals surface area (Å²) in [4.78, 5) is 9.19. The number of halogens is 1. The maximum atomic E-state index is 6.20. The average molecular weight is 286 g/mol. The molecule has 0 atom stereocenters. The lowest BCUT2D eigenvalue weighted by molar-refractivity contribution is 0.439. The number of aromatic nitrogens is 3. The number of fused-ring (bicyclic) bond motifs is 3. The van der Waals surface area contributed by atoms with Gasteiger partial charge in [0, 0.05) is 28.7 Å². The standard InChI is InChI=1S/C16H16ClN3/c17-12-6-7-14-13(10-12)15(11-4-2-1-3-5-11)19-16-18-8-9-20(14)16/h6-11H,1-5H2. The minimum absolute atomic E-state index is 0.548. The summed E-state index contributed by atoms with van der Waals surface area (Å²) in [6, 6.07) is 6.06. The fourth-order valence-corrected chi connectivity index (χ4v) is 3.52. The number of hydrogen-bond donors (Lipinski definition) is 0. The molecule has 1 aliphatic rings. The van der Waals surface area contributed by atoms with E-state index in [-0.39, 0.29) is 0 Å². The third-order valence-corrected chi connectivity index (χ3v) is 4.56. The van der Waals surface area contributed by atoms with Crippen LogP contribution in [-0.2, 0) is 0 Å². The summed E-state index contributed by atoms with van der Waals surface area (Å²) in [7, 11) is 0. The van der Waals surface area contributed by atoms with Crippen molar-refractivity contribution in [3.05, 3.63) is 41.3 Å². The molecule has 0 amide bonds.